The van der Waals surface area contributed by atoms with E-state index in [9.17, 15) is 0 Å². The molecule has 0 amide bonds. The van der Waals surface area contributed by atoms with E-state index in [2.05, 4.69) is 42.1 Å². The Morgan fingerprint density at radius 1 is 1.28 bits per heavy atom. The van der Waals surface area contributed by atoms with Crippen LogP contribution in [0.1, 0.15) is 58.1 Å². The van der Waals surface area contributed by atoms with E-state index in [1.165, 1.54) is 25.7 Å². The van der Waals surface area contributed by atoms with Crippen molar-refractivity contribution < 1.29 is 0 Å². The van der Waals surface area contributed by atoms with Crippen LogP contribution in [0, 0.1) is 11.8 Å². The van der Waals surface area contributed by atoms with Crippen molar-refractivity contribution in [2.24, 2.45) is 11.8 Å². The lowest BCUT2D eigenvalue weighted by molar-refractivity contribution is 0.268. The summed E-state index contributed by atoms with van der Waals surface area (Å²) < 4.78 is 0. The molecule has 1 aromatic rings. The van der Waals surface area contributed by atoms with Crippen LogP contribution >= 0.6 is 0 Å². The van der Waals surface area contributed by atoms with Crippen LogP contribution < -0.4 is 5.32 Å². The average molecular weight is 247 g/mol. The van der Waals surface area contributed by atoms with Gasteiger partial charge in [-0.05, 0) is 24.2 Å². The third-order valence-corrected chi connectivity index (χ3v) is 4.11. The van der Waals surface area contributed by atoms with Crippen molar-refractivity contribution in [1.29, 1.82) is 0 Å². The maximum Gasteiger partial charge on any atom is 0.129 e. The molecule has 2 unspecified atom stereocenters. The van der Waals surface area contributed by atoms with E-state index in [0.29, 0.717) is 5.92 Å². The van der Waals surface area contributed by atoms with Crippen molar-refractivity contribution in [3.05, 3.63) is 18.1 Å². The molecule has 3 heteroatoms. The molecule has 0 radical (unpaired) electrons. The zero-order chi connectivity index (χ0) is 13.0. The minimum atomic E-state index is 0.460. The Kier molecular flexibility index (Phi) is 4.56. The van der Waals surface area contributed by atoms with Crippen LogP contribution in [-0.4, -0.2) is 16.5 Å². The molecule has 1 aliphatic carbocycles. The number of hydrogen-bond acceptors (Lipinski definition) is 3. The summed E-state index contributed by atoms with van der Waals surface area (Å²) in [6.45, 7) is 7.76. The van der Waals surface area contributed by atoms with Crippen LogP contribution in [0.2, 0.25) is 0 Å². The molecule has 1 N–H and O–H groups in total. The van der Waals surface area contributed by atoms with Crippen LogP contribution in [0.5, 0.6) is 0 Å². The SMILES string of the molecule is CC(C)c1cc(NCC2CCCCC2C)ncn1. The normalized spacial score (nSPS) is 24.2. The molecule has 1 heterocycles. The highest BCUT2D eigenvalue weighted by Crippen LogP contribution is 2.29. The van der Waals surface area contributed by atoms with Gasteiger partial charge in [0.15, 0.2) is 0 Å². The monoisotopic (exact) mass is 247 g/mol. The second kappa shape index (κ2) is 6.17. The summed E-state index contributed by atoms with van der Waals surface area (Å²) in [5.41, 5.74) is 1.11. The predicted molar refractivity (Wildman–Crippen MR) is 75.7 cm³/mol. The molecule has 1 fully saturated rings. The molecule has 0 saturated heterocycles. The van der Waals surface area contributed by atoms with Crippen LogP contribution in [0.25, 0.3) is 0 Å². The molecule has 2 rings (SSSR count). The van der Waals surface area contributed by atoms with E-state index in [4.69, 9.17) is 0 Å². The fourth-order valence-electron chi connectivity index (χ4n) is 2.72. The van der Waals surface area contributed by atoms with Crippen molar-refractivity contribution in [3.8, 4) is 0 Å². The van der Waals surface area contributed by atoms with Crippen molar-refractivity contribution in [2.45, 2.75) is 52.4 Å². The van der Waals surface area contributed by atoms with Gasteiger partial charge in [-0.3, -0.25) is 0 Å². The Hall–Kier alpha value is -1.12. The number of aromatic nitrogens is 2. The number of hydrogen-bond donors (Lipinski definition) is 1. The summed E-state index contributed by atoms with van der Waals surface area (Å²) in [4.78, 5) is 8.61. The van der Waals surface area contributed by atoms with E-state index in [1.54, 1.807) is 6.33 Å². The van der Waals surface area contributed by atoms with Gasteiger partial charge >= 0.3 is 0 Å². The van der Waals surface area contributed by atoms with Gasteiger partial charge in [0, 0.05) is 18.3 Å². The van der Waals surface area contributed by atoms with Gasteiger partial charge in [0.05, 0.1) is 0 Å². The Balaban J connectivity index is 1.91. The van der Waals surface area contributed by atoms with E-state index in [1.807, 2.05) is 0 Å². The minimum absolute atomic E-state index is 0.460. The lowest BCUT2D eigenvalue weighted by Crippen LogP contribution is -2.24. The van der Waals surface area contributed by atoms with Gasteiger partial charge in [0.25, 0.3) is 0 Å². The molecule has 1 saturated carbocycles. The number of nitrogens with zero attached hydrogens (tertiary/aromatic N) is 2. The number of anilines is 1. The highest BCUT2D eigenvalue weighted by atomic mass is 15.0. The standard InChI is InChI=1S/C15H25N3/c1-11(2)14-8-15(18-10-17-14)16-9-13-7-5-4-6-12(13)3/h8,10-13H,4-7,9H2,1-3H3,(H,16,17,18). The fraction of sp³-hybridized carbons (Fsp3) is 0.733. The van der Waals surface area contributed by atoms with Gasteiger partial charge < -0.3 is 5.32 Å². The molecule has 1 aromatic heterocycles. The van der Waals surface area contributed by atoms with Gasteiger partial charge in [-0.15, -0.1) is 0 Å². The predicted octanol–water partition coefficient (Wildman–Crippen LogP) is 3.84. The highest BCUT2D eigenvalue weighted by Gasteiger charge is 2.20. The molecule has 0 aliphatic heterocycles. The quantitative estimate of drug-likeness (QED) is 0.878. The summed E-state index contributed by atoms with van der Waals surface area (Å²) in [5, 5.41) is 3.49. The first kappa shape index (κ1) is 13.3. The Labute approximate surface area is 110 Å². The zero-order valence-corrected chi connectivity index (χ0v) is 11.8. The Morgan fingerprint density at radius 2 is 2.06 bits per heavy atom. The van der Waals surface area contributed by atoms with Crippen LogP contribution in [0.4, 0.5) is 5.82 Å². The van der Waals surface area contributed by atoms with E-state index >= 15 is 0 Å². The molecule has 18 heavy (non-hydrogen) atoms. The van der Waals surface area contributed by atoms with Crippen molar-refractivity contribution in [3.63, 3.8) is 0 Å². The first-order valence-corrected chi connectivity index (χ1v) is 7.22. The largest absolute Gasteiger partial charge is 0.370 e. The summed E-state index contributed by atoms with van der Waals surface area (Å²) in [5.74, 6) is 3.09. The number of nitrogens with one attached hydrogen (secondary N) is 1. The van der Waals surface area contributed by atoms with Crippen molar-refractivity contribution >= 4 is 5.82 Å². The van der Waals surface area contributed by atoms with Gasteiger partial charge in [-0.1, -0.05) is 40.0 Å². The summed E-state index contributed by atoms with van der Waals surface area (Å²) in [7, 11) is 0. The maximum absolute atomic E-state index is 4.31. The first-order valence-electron chi connectivity index (χ1n) is 7.22. The molecule has 0 bridgehead atoms. The van der Waals surface area contributed by atoms with Crippen LogP contribution in [0.15, 0.2) is 12.4 Å². The van der Waals surface area contributed by atoms with Crippen LogP contribution in [0.3, 0.4) is 0 Å². The smallest absolute Gasteiger partial charge is 0.129 e. The molecular weight excluding hydrogens is 222 g/mol. The molecule has 1 aliphatic rings. The average Bonchev–Trinajstić information content (AvgIpc) is 2.38. The lowest BCUT2D eigenvalue weighted by Gasteiger charge is -2.29. The third kappa shape index (κ3) is 3.44. The molecule has 3 nitrogen and oxygen atoms in total. The topological polar surface area (TPSA) is 37.8 Å². The summed E-state index contributed by atoms with van der Waals surface area (Å²) in [6.07, 6.45) is 7.20. The Bertz CT molecular complexity index is 376. The van der Waals surface area contributed by atoms with E-state index in [0.717, 1.165) is 29.9 Å². The van der Waals surface area contributed by atoms with E-state index in [-0.39, 0.29) is 0 Å². The molecule has 0 aromatic carbocycles. The van der Waals surface area contributed by atoms with E-state index < -0.39 is 0 Å². The Morgan fingerprint density at radius 3 is 2.78 bits per heavy atom. The van der Waals surface area contributed by atoms with Crippen LogP contribution in [-0.2, 0) is 0 Å². The highest BCUT2D eigenvalue weighted by molar-refractivity contribution is 5.35. The third-order valence-electron chi connectivity index (χ3n) is 4.11. The maximum atomic E-state index is 4.31. The van der Waals surface area contributed by atoms with Crippen molar-refractivity contribution in [2.75, 3.05) is 11.9 Å². The minimum Gasteiger partial charge on any atom is -0.370 e. The second-order valence-corrected chi connectivity index (χ2v) is 5.89. The molecule has 2 atom stereocenters. The first-order chi connectivity index (χ1) is 8.66. The van der Waals surface area contributed by atoms with Gasteiger partial charge in [0.1, 0.15) is 12.1 Å². The summed E-state index contributed by atoms with van der Waals surface area (Å²) in [6, 6.07) is 2.08. The lowest BCUT2D eigenvalue weighted by atomic mass is 9.80. The number of rotatable bonds is 4. The second-order valence-electron chi connectivity index (χ2n) is 5.89. The molecule has 100 valence electrons. The van der Waals surface area contributed by atoms with Gasteiger partial charge in [0.2, 0.25) is 0 Å². The summed E-state index contributed by atoms with van der Waals surface area (Å²) >= 11 is 0. The van der Waals surface area contributed by atoms with Gasteiger partial charge in [-0.25, -0.2) is 9.97 Å². The van der Waals surface area contributed by atoms with Gasteiger partial charge in [-0.2, -0.15) is 0 Å². The fourth-order valence-corrected chi connectivity index (χ4v) is 2.72. The molecule has 0 spiro atoms. The van der Waals surface area contributed by atoms with Crippen molar-refractivity contribution in [1.82, 2.24) is 9.97 Å². The zero-order valence-electron chi connectivity index (χ0n) is 11.8. The molecular formula is C15H25N3.